The van der Waals surface area contributed by atoms with Crippen LogP contribution in [0.1, 0.15) is 41.6 Å². The van der Waals surface area contributed by atoms with Gasteiger partial charge in [-0.3, -0.25) is 14.9 Å². The van der Waals surface area contributed by atoms with E-state index in [1.54, 1.807) is 6.92 Å². The Labute approximate surface area is 123 Å². The maximum absolute atomic E-state index is 12.1. The van der Waals surface area contributed by atoms with E-state index in [1.165, 1.54) is 18.2 Å². The topological polar surface area (TPSA) is 92.5 Å². The van der Waals surface area contributed by atoms with E-state index in [0.717, 1.165) is 25.7 Å². The molecule has 1 aliphatic carbocycles. The second-order valence-corrected chi connectivity index (χ2v) is 5.64. The predicted octanol–water partition coefficient (Wildman–Crippen LogP) is 2.18. The van der Waals surface area contributed by atoms with Gasteiger partial charge in [0.15, 0.2) is 0 Å². The number of hydrogen-bond donors (Lipinski definition) is 2. The molecule has 0 heterocycles. The van der Waals surface area contributed by atoms with Crippen LogP contribution in [-0.2, 0) is 0 Å². The van der Waals surface area contributed by atoms with Gasteiger partial charge in [-0.25, -0.2) is 0 Å². The summed E-state index contributed by atoms with van der Waals surface area (Å²) in [7, 11) is 0. The second-order valence-electron chi connectivity index (χ2n) is 5.64. The van der Waals surface area contributed by atoms with Crippen LogP contribution in [0.2, 0.25) is 0 Å². The highest BCUT2D eigenvalue weighted by molar-refractivity contribution is 5.94. The van der Waals surface area contributed by atoms with E-state index in [9.17, 15) is 20.0 Å². The molecule has 0 aliphatic heterocycles. The number of nitrogens with one attached hydrogen (secondary N) is 1. The van der Waals surface area contributed by atoms with Gasteiger partial charge in [0.2, 0.25) is 0 Å². The molecule has 0 unspecified atom stereocenters. The van der Waals surface area contributed by atoms with Crippen LogP contribution in [0.25, 0.3) is 0 Å². The van der Waals surface area contributed by atoms with Crippen molar-refractivity contribution in [3.05, 3.63) is 39.4 Å². The Morgan fingerprint density at radius 2 is 2.05 bits per heavy atom. The molecule has 6 heteroatoms. The number of nitrogens with zero attached hydrogens (tertiary/aromatic N) is 1. The molecule has 114 valence electrons. The number of aliphatic hydroxyl groups excluding tert-OH is 1. The van der Waals surface area contributed by atoms with Crippen molar-refractivity contribution in [1.82, 2.24) is 5.32 Å². The van der Waals surface area contributed by atoms with Gasteiger partial charge in [0.1, 0.15) is 0 Å². The molecule has 1 aliphatic rings. The molecule has 0 saturated heterocycles. The molecule has 0 radical (unpaired) electrons. The van der Waals surface area contributed by atoms with Crippen molar-refractivity contribution in [2.45, 2.75) is 38.7 Å². The zero-order valence-electron chi connectivity index (χ0n) is 12.0. The molecule has 1 amide bonds. The molecule has 2 N–H and O–H groups in total. The SMILES string of the molecule is Cc1cc(C(=O)NCC2CCC(O)CC2)ccc1[N+](=O)[O-]. The molecule has 0 aromatic heterocycles. The first-order valence-electron chi connectivity index (χ1n) is 7.18. The zero-order chi connectivity index (χ0) is 15.4. The maximum atomic E-state index is 12.1. The first-order valence-corrected chi connectivity index (χ1v) is 7.18. The molecule has 21 heavy (non-hydrogen) atoms. The highest BCUT2D eigenvalue weighted by Gasteiger charge is 2.20. The van der Waals surface area contributed by atoms with Gasteiger partial charge in [0, 0.05) is 23.7 Å². The fourth-order valence-corrected chi connectivity index (χ4v) is 2.69. The van der Waals surface area contributed by atoms with E-state index in [4.69, 9.17) is 0 Å². The Morgan fingerprint density at radius 1 is 1.38 bits per heavy atom. The van der Waals surface area contributed by atoms with Crippen LogP contribution in [0, 0.1) is 23.0 Å². The lowest BCUT2D eigenvalue weighted by Crippen LogP contribution is -2.32. The molecule has 6 nitrogen and oxygen atoms in total. The van der Waals surface area contributed by atoms with Crippen molar-refractivity contribution in [1.29, 1.82) is 0 Å². The number of aliphatic hydroxyl groups is 1. The molecule has 1 saturated carbocycles. The Kier molecular flexibility index (Phi) is 4.90. The third-order valence-corrected chi connectivity index (χ3v) is 4.02. The van der Waals surface area contributed by atoms with Gasteiger partial charge in [-0.2, -0.15) is 0 Å². The minimum Gasteiger partial charge on any atom is -0.393 e. The molecule has 0 bridgehead atoms. The quantitative estimate of drug-likeness (QED) is 0.657. The van der Waals surface area contributed by atoms with Crippen molar-refractivity contribution in [2.75, 3.05) is 6.54 Å². The summed E-state index contributed by atoms with van der Waals surface area (Å²) in [5, 5.41) is 23.1. The van der Waals surface area contributed by atoms with Crippen LogP contribution in [0.5, 0.6) is 0 Å². The smallest absolute Gasteiger partial charge is 0.272 e. The van der Waals surface area contributed by atoms with Gasteiger partial charge >= 0.3 is 0 Å². The Hall–Kier alpha value is -1.95. The number of amides is 1. The maximum Gasteiger partial charge on any atom is 0.272 e. The van der Waals surface area contributed by atoms with Crippen LogP contribution < -0.4 is 5.32 Å². The Bertz CT molecular complexity index is 536. The summed E-state index contributed by atoms with van der Waals surface area (Å²) in [6.45, 7) is 2.21. The highest BCUT2D eigenvalue weighted by Crippen LogP contribution is 2.23. The van der Waals surface area contributed by atoms with E-state index >= 15 is 0 Å². The summed E-state index contributed by atoms with van der Waals surface area (Å²) in [6, 6.07) is 4.38. The van der Waals surface area contributed by atoms with Crippen molar-refractivity contribution >= 4 is 11.6 Å². The van der Waals surface area contributed by atoms with E-state index < -0.39 is 4.92 Å². The first kappa shape index (κ1) is 15.4. The standard InChI is InChI=1S/C15H20N2O4/c1-10-8-12(4-7-14(10)17(20)21)15(19)16-9-11-2-5-13(18)6-3-11/h4,7-8,11,13,18H,2-3,5-6,9H2,1H3,(H,16,19). The van der Waals surface area contributed by atoms with E-state index in [2.05, 4.69) is 5.32 Å². The Balaban J connectivity index is 1.91. The van der Waals surface area contributed by atoms with Crippen molar-refractivity contribution < 1.29 is 14.8 Å². The number of hydrogen-bond acceptors (Lipinski definition) is 4. The van der Waals surface area contributed by atoms with Gasteiger partial charge < -0.3 is 10.4 Å². The number of carbonyl (C=O) groups excluding carboxylic acids is 1. The largest absolute Gasteiger partial charge is 0.393 e. The fourth-order valence-electron chi connectivity index (χ4n) is 2.69. The van der Waals surface area contributed by atoms with Gasteiger partial charge in [-0.05, 0) is 50.7 Å². The number of carbonyl (C=O) groups is 1. The summed E-state index contributed by atoms with van der Waals surface area (Å²) < 4.78 is 0. The van der Waals surface area contributed by atoms with E-state index in [-0.39, 0.29) is 17.7 Å². The van der Waals surface area contributed by atoms with Crippen molar-refractivity contribution in [2.24, 2.45) is 5.92 Å². The van der Waals surface area contributed by atoms with Gasteiger partial charge in [0.25, 0.3) is 11.6 Å². The van der Waals surface area contributed by atoms with Crippen molar-refractivity contribution in [3.8, 4) is 0 Å². The van der Waals surface area contributed by atoms with Crippen LogP contribution in [-0.4, -0.2) is 28.6 Å². The summed E-state index contributed by atoms with van der Waals surface area (Å²) in [4.78, 5) is 22.3. The van der Waals surface area contributed by atoms with Crippen LogP contribution in [0.15, 0.2) is 18.2 Å². The zero-order valence-corrected chi connectivity index (χ0v) is 12.0. The normalized spacial score (nSPS) is 21.8. The molecule has 1 fully saturated rings. The predicted molar refractivity (Wildman–Crippen MR) is 78.1 cm³/mol. The summed E-state index contributed by atoms with van der Waals surface area (Å²) in [6.07, 6.45) is 3.21. The third kappa shape index (κ3) is 4.01. The summed E-state index contributed by atoms with van der Waals surface area (Å²) >= 11 is 0. The average molecular weight is 292 g/mol. The molecule has 0 atom stereocenters. The summed E-state index contributed by atoms with van der Waals surface area (Å²) in [5.74, 6) is 0.190. The highest BCUT2D eigenvalue weighted by atomic mass is 16.6. The lowest BCUT2D eigenvalue weighted by atomic mass is 9.87. The number of benzene rings is 1. The van der Waals surface area contributed by atoms with E-state index in [0.29, 0.717) is 23.6 Å². The minimum absolute atomic E-state index is 0.0211. The fraction of sp³-hybridized carbons (Fsp3) is 0.533. The van der Waals surface area contributed by atoms with Crippen LogP contribution >= 0.6 is 0 Å². The second kappa shape index (κ2) is 6.67. The van der Waals surface area contributed by atoms with Gasteiger partial charge in [0.05, 0.1) is 11.0 Å². The molecule has 0 spiro atoms. The molecule has 2 rings (SSSR count). The van der Waals surface area contributed by atoms with Crippen LogP contribution in [0.4, 0.5) is 5.69 Å². The lowest BCUT2D eigenvalue weighted by molar-refractivity contribution is -0.385. The van der Waals surface area contributed by atoms with Crippen LogP contribution in [0.3, 0.4) is 0 Å². The first-order chi connectivity index (χ1) is 9.97. The molecular weight excluding hydrogens is 272 g/mol. The number of nitro benzene ring substituents is 1. The monoisotopic (exact) mass is 292 g/mol. The van der Waals surface area contributed by atoms with Gasteiger partial charge in [-0.1, -0.05) is 0 Å². The molecule has 1 aromatic carbocycles. The molecular formula is C15H20N2O4. The van der Waals surface area contributed by atoms with E-state index in [1.807, 2.05) is 0 Å². The lowest BCUT2D eigenvalue weighted by Gasteiger charge is -2.25. The van der Waals surface area contributed by atoms with Gasteiger partial charge in [-0.15, -0.1) is 0 Å². The third-order valence-electron chi connectivity index (χ3n) is 4.02. The minimum atomic E-state index is -0.454. The Morgan fingerprint density at radius 3 is 2.62 bits per heavy atom. The molecule has 1 aromatic rings. The van der Waals surface area contributed by atoms with Crippen molar-refractivity contribution in [3.63, 3.8) is 0 Å². The summed E-state index contributed by atoms with van der Waals surface area (Å²) in [5.41, 5.74) is 0.940. The number of rotatable bonds is 4. The number of nitro groups is 1. The average Bonchev–Trinajstić information content (AvgIpc) is 2.45. The number of aryl methyl sites for hydroxylation is 1.